The second kappa shape index (κ2) is 5.24. The third kappa shape index (κ3) is 3.04. The van der Waals surface area contributed by atoms with Crippen molar-refractivity contribution in [1.29, 1.82) is 0 Å². The summed E-state index contributed by atoms with van der Waals surface area (Å²) in [5, 5.41) is 2.36. The summed E-state index contributed by atoms with van der Waals surface area (Å²) in [6.07, 6.45) is 6.20. The van der Waals surface area contributed by atoms with Crippen LogP contribution >= 0.6 is 0 Å². The van der Waals surface area contributed by atoms with Crippen molar-refractivity contribution in [2.75, 3.05) is 24.6 Å². The fourth-order valence-electron chi connectivity index (χ4n) is 2.20. The van der Waals surface area contributed by atoms with Crippen LogP contribution in [-0.4, -0.2) is 39.9 Å². The van der Waals surface area contributed by atoms with Crippen molar-refractivity contribution in [2.45, 2.75) is 38.1 Å². The van der Waals surface area contributed by atoms with Gasteiger partial charge in [0.2, 0.25) is 0 Å². The van der Waals surface area contributed by atoms with Gasteiger partial charge < -0.3 is 0 Å². The normalized spacial score (nSPS) is 35.7. The molecule has 82 valence electrons. The van der Waals surface area contributed by atoms with Crippen LogP contribution in [0, 0.1) is 0 Å². The van der Waals surface area contributed by atoms with Gasteiger partial charge in [-0.3, -0.25) is 9.63 Å². The van der Waals surface area contributed by atoms with E-state index in [9.17, 15) is 4.21 Å². The molecule has 0 aromatic heterocycles. The van der Waals surface area contributed by atoms with Crippen LogP contribution in [-0.2, 0) is 10.8 Å². The molecule has 0 atom stereocenters. The zero-order chi connectivity index (χ0) is 9.80. The average molecular weight is 216 g/mol. The van der Waals surface area contributed by atoms with Gasteiger partial charge in [-0.25, -0.2) is 5.01 Å². The number of nitrogens with zero attached hydrogens (tertiary/aromatic N) is 1. The fourth-order valence-corrected chi connectivity index (χ4v) is 3.50. The minimum Gasteiger partial charge on any atom is -0.260 e. The van der Waals surface area contributed by atoms with Crippen molar-refractivity contribution in [3.05, 3.63) is 0 Å². The van der Waals surface area contributed by atoms with Crippen molar-refractivity contribution in [3.8, 4) is 0 Å². The van der Waals surface area contributed by atoms with Gasteiger partial charge >= 0.3 is 0 Å². The third-order valence-electron chi connectivity index (χ3n) is 3.11. The highest BCUT2D eigenvalue weighted by Crippen LogP contribution is 2.12. The summed E-state index contributed by atoms with van der Waals surface area (Å²) < 4.78 is 11.2. The van der Waals surface area contributed by atoms with E-state index in [1.807, 2.05) is 0 Å². The number of nitrogens with one attached hydrogen (secondary N) is 1. The Morgan fingerprint density at radius 2 is 1.71 bits per heavy atom. The van der Waals surface area contributed by atoms with E-state index in [1.165, 1.54) is 32.4 Å². The molecule has 0 aromatic carbocycles. The van der Waals surface area contributed by atoms with E-state index in [0.29, 0.717) is 6.04 Å². The van der Waals surface area contributed by atoms with E-state index in [1.54, 1.807) is 0 Å². The molecule has 1 N–H and O–H groups in total. The molecule has 3 nitrogen and oxygen atoms in total. The highest BCUT2D eigenvalue weighted by molar-refractivity contribution is 7.85. The molecule has 2 saturated heterocycles. The average Bonchev–Trinajstić information content (AvgIpc) is 2.23. The Morgan fingerprint density at radius 3 is 2.36 bits per heavy atom. The Labute approximate surface area is 88.7 Å². The molecule has 2 aliphatic heterocycles. The van der Waals surface area contributed by atoms with Crippen LogP contribution < -0.4 is 5.43 Å². The highest BCUT2D eigenvalue weighted by atomic mass is 32.2. The fraction of sp³-hybridized carbons (Fsp3) is 1.00. The van der Waals surface area contributed by atoms with Crippen LogP contribution in [0.1, 0.15) is 32.1 Å². The minimum absolute atomic E-state index is 0.526. The zero-order valence-corrected chi connectivity index (χ0v) is 9.52. The molecule has 0 bridgehead atoms. The van der Waals surface area contributed by atoms with Gasteiger partial charge in [0.25, 0.3) is 0 Å². The van der Waals surface area contributed by atoms with Crippen molar-refractivity contribution in [2.24, 2.45) is 0 Å². The maximum Gasteiger partial charge on any atom is 0.0250 e. The predicted octanol–water partition coefficient (Wildman–Crippen LogP) is 0.888. The Hall–Kier alpha value is 0.0700. The lowest BCUT2D eigenvalue weighted by molar-refractivity contribution is 0.124. The maximum absolute atomic E-state index is 11.2. The Bertz CT molecular complexity index is 194. The van der Waals surface area contributed by atoms with Crippen LogP contribution in [0.3, 0.4) is 0 Å². The second-order valence-electron chi connectivity index (χ2n) is 4.30. The number of hydrazine groups is 1. The van der Waals surface area contributed by atoms with Crippen LogP contribution in [0.4, 0.5) is 0 Å². The molecule has 2 rings (SSSR count). The Morgan fingerprint density at radius 1 is 1.07 bits per heavy atom. The first-order chi connectivity index (χ1) is 6.84. The molecule has 0 amide bonds. The number of piperidine rings is 1. The van der Waals surface area contributed by atoms with Gasteiger partial charge in [0.05, 0.1) is 0 Å². The lowest BCUT2D eigenvalue weighted by Crippen LogP contribution is -2.49. The van der Waals surface area contributed by atoms with Gasteiger partial charge in [-0.15, -0.1) is 0 Å². The molecule has 0 radical (unpaired) electrons. The quantitative estimate of drug-likeness (QED) is 0.744. The van der Waals surface area contributed by atoms with Gasteiger partial charge in [-0.05, 0) is 25.7 Å². The van der Waals surface area contributed by atoms with E-state index in [2.05, 4.69) is 10.4 Å². The van der Waals surface area contributed by atoms with Crippen molar-refractivity contribution >= 4 is 10.8 Å². The topological polar surface area (TPSA) is 32.3 Å². The largest absolute Gasteiger partial charge is 0.260 e. The molecular formula is C10H20N2OS. The molecule has 4 heteroatoms. The number of rotatable bonds is 2. The van der Waals surface area contributed by atoms with Crippen LogP contribution in [0.15, 0.2) is 0 Å². The van der Waals surface area contributed by atoms with E-state index < -0.39 is 10.8 Å². The first-order valence-electron chi connectivity index (χ1n) is 5.71. The molecule has 0 spiro atoms. The van der Waals surface area contributed by atoms with Crippen LogP contribution in [0.2, 0.25) is 0 Å². The molecule has 2 heterocycles. The summed E-state index contributed by atoms with van der Waals surface area (Å²) in [4.78, 5) is 0. The first kappa shape index (κ1) is 10.6. The summed E-state index contributed by atoms with van der Waals surface area (Å²) >= 11 is 0. The molecule has 0 saturated carbocycles. The maximum atomic E-state index is 11.2. The SMILES string of the molecule is O=S1CCC(NN2CCCCC2)CC1. The molecule has 0 unspecified atom stereocenters. The molecular weight excluding hydrogens is 196 g/mol. The standard InChI is InChI=1S/C10H20N2OS/c13-14-8-4-10(5-9-14)11-12-6-2-1-3-7-12/h10-11H,1-9H2. The highest BCUT2D eigenvalue weighted by Gasteiger charge is 2.20. The van der Waals surface area contributed by atoms with Gasteiger partial charge in [-0.2, -0.15) is 0 Å². The second-order valence-corrected chi connectivity index (χ2v) is 6.00. The van der Waals surface area contributed by atoms with Crippen molar-refractivity contribution < 1.29 is 4.21 Å². The van der Waals surface area contributed by atoms with Gasteiger partial charge in [0, 0.05) is 41.4 Å². The minimum atomic E-state index is -0.526. The van der Waals surface area contributed by atoms with Crippen LogP contribution in [0.25, 0.3) is 0 Å². The first-order valence-corrected chi connectivity index (χ1v) is 7.19. The van der Waals surface area contributed by atoms with E-state index in [-0.39, 0.29) is 0 Å². The smallest absolute Gasteiger partial charge is 0.0250 e. The zero-order valence-electron chi connectivity index (χ0n) is 8.71. The third-order valence-corrected chi connectivity index (χ3v) is 4.49. The van der Waals surface area contributed by atoms with E-state index in [4.69, 9.17) is 0 Å². The molecule has 0 aliphatic carbocycles. The van der Waals surface area contributed by atoms with E-state index in [0.717, 1.165) is 24.3 Å². The summed E-state index contributed by atoms with van der Waals surface area (Å²) in [5.74, 6) is 1.79. The Kier molecular flexibility index (Phi) is 3.96. The summed E-state index contributed by atoms with van der Waals surface area (Å²) in [6, 6.07) is 0.589. The molecule has 0 aromatic rings. The number of hydrogen-bond acceptors (Lipinski definition) is 3. The van der Waals surface area contributed by atoms with Gasteiger partial charge in [0.1, 0.15) is 0 Å². The molecule has 2 fully saturated rings. The van der Waals surface area contributed by atoms with E-state index >= 15 is 0 Å². The van der Waals surface area contributed by atoms with Crippen molar-refractivity contribution in [1.82, 2.24) is 10.4 Å². The summed E-state index contributed by atoms with van der Waals surface area (Å²) in [6.45, 7) is 2.39. The summed E-state index contributed by atoms with van der Waals surface area (Å²) in [5.41, 5.74) is 3.58. The Balaban J connectivity index is 1.71. The summed E-state index contributed by atoms with van der Waals surface area (Å²) in [7, 11) is -0.526. The monoisotopic (exact) mass is 216 g/mol. The lowest BCUT2D eigenvalue weighted by atomic mass is 10.1. The molecule has 2 aliphatic rings. The number of hydrogen-bond donors (Lipinski definition) is 1. The van der Waals surface area contributed by atoms with Crippen LogP contribution in [0.5, 0.6) is 0 Å². The van der Waals surface area contributed by atoms with Gasteiger partial charge in [0.15, 0.2) is 0 Å². The lowest BCUT2D eigenvalue weighted by Gasteiger charge is -2.33. The predicted molar refractivity (Wildman–Crippen MR) is 59.5 cm³/mol. The van der Waals surface area contributed by atoms with Gasteiger partial charge in [-0.1, -0.05) is 6.42 Å². The molecule has 14 heavy (non-hydrogen) atoms. The van der Waals surface area contributed by atoms with Crippen molar-refractivity contribution in [3.63, 3.8) is 0 Å².